The average molecular weight is 478 g/mol. The molecule has 34 heavy (non-hydrogen) atoms. The molecule has 1 saturated heterocycles. The second kappa shape index (κ2) is 11.3. The molecule has 2 heterocycles. The largest absolute Gasteiger partial charge is 0.493 e. The fourth-order valence-corrected chi connectivity index (χ4v) is 3.83. The van der Waals surface area contributed by atoms with Crippen LogP contribution in [0.15, 0.2) is 48.2 Å². The number of methoxy groups -OCH3 is 1. The molecular weight excluding hydrogens is 447 g/mol. The Morgan fingerprint density at radius 2 is 2.12 bits per heavy atom. The van der Waals surface area contributed by atoms with Crippen molar-refractivity contribution < 1.29 is 27.4 Å². The zero-order valence-electron chi connectivity index (χ0n) is 19.6. The highest BCUT2D eigenvalue weighted by Gasteiger charge is 2.30. The molecule has 1 aliphatic rings. The van der Waals surface area contributed by atoms with Crippen molar-refractivity contribution in [3.05, 3.63) is 53.7 Å². The molecule has 2 atom stereocenters. The summed E-state index contributed by atoms with van der Waals surface area (Å²) in [5.74, 6) is 0.557. The first-order chi connectivity index (χ1) is 16.1. The summed E-state index contributed by atoms with van der Waals surface area (Å²) in [6.45, 7) is 4.75. The van der Waals surface area contributed by atoms with Crippen molar-refractivity contribution in [1.29, 1.82) is 0 Å². The molecule has 0 spiro atoms. The SMILES string of the molecule is COc1ccc(NC(=O)N2CC/C(=C\c3cccc(OCC(C)CC(F)(F)F)c3)C(C)C2)cn1. The molecule has 0 bridgehead atoms. The van der Waals surface area contributed by atoms with E-state index in [2.05, 4.69) is 23.3 Å². The maximum absolute atomic E-state index is 12.6. The maximum Gasteiger partial charge on any atom is 0.389 e. The van der Waals surface area contributed by atoms with Gasteiger partial charge in [-0.15, -0.1) is 0 Å². The van der Waals surface area contributed by atoms with Crippen LogP contribution in [0.2, 0.25) is 0 Å². The second-order valence-corrected chi connectivity index (χ2v) is 8.64. The number of urea groups is 1. The summed E-state index contributed by atoms with van der Waals surface area (Å²) in [6.07, 6.45) is -0.716. The van der Waals surface area contributed by atoms with Crippen molar-refractivity contribution in [1.82, 2.24) is 9.88 Å². The zero-order chi connectivity index (χ0) is 24.7. The number of halogens is 3. The Morgan fingerprint density at radius 3 is 2.76 bits per heavy atom. The molecule has 2 aromatic rings. The van der Waals surface area contributed by atoms with E-state index in [9.17, 15) is 18.0 Å². The first-order valence-electron chi connectivity index (χ1n) is 11.2. The lowest BCUT2D eigenvalue weighted by molar-refractivity contribution is -0.145. The van der Waals surface area contributed by atoms with E-state index in [0.717, 1.165) is 12.0 Å². The number of pyridine rings is 1. The maximum atomic E-state index is 12.6. The van der Waals surface area contributed by atoms with E-state index in [-0.39, 0.29) is 18.6 Å². The van der Waals surface area contributed by atoms with Gasteiger partial charge in [-0.3, -0.25) is 0 Å². The lowest BCUT2D eigenvalue weighted by atomic mass is 9.91. The van der Waals surface area contributed by atoms with Gasteiger partial charge in [0.25, 0.3) is 0 Å². The molecule has 0 saturated carbocycles. The number of carbonyl (C=O) groups excluding carboxylic acids is 1. The Bertz CT molecular complexity index is 993. The van der Waals surface area contributed by atoms with Gasteiger partial charge >= 0.3 is 12.2 Å². The van der Waals surface area contributed by atoms with Crippen LogP contribution < -0.4 is 14.8 Å². The van der Waals surface area contributed by atoms with Gasteiger partial charge in [-0.2, -0.15) is 13.2 Å². The molecule has 1 N–H and O–H groups in total. The Balaban J connectivity index is 1.55. The van der Waals surface area contributed by atoms with Gasteiger partial charge in [-0.05, 0) is 42.0 Å². The van der Waals surface area contributed by atoms with E-state index < -0.39 is 18.5 Å². The third-order valence-electron chi connectivity index (χ3n) is 5.61. The van der Waals surface area contributed by atoms with Gasteiger partial charge in [0.2, 0.25) is 5.88 Å². The molecular formula is C25H30F3N3O3. The third-order valence-corrected chi connectivity index (χ3v) is 5.61. The van der Waals surface area contributed by atoms with Gasteiger partial charge in [0.05, 0.1) is 25.6 Å². The number of nitrogens with zero attached hydrogens (tertiary/aromatic N) is 2. The molecule has 6 nitrogen and oxygen atoms in total. The molecule has 1 aromatic heterocycles. The van der Waals surface area contributed by atoms with Crippen LogP contribution in [-0.4, -0.2) is 48.9 Å². The van der Waals surface area contributed by atoms with Crippen molar-refractivity contribution in [2.24, 2.45) is 11.8 Å². The molecule has 0 radical (unpaired) electrons. The molecule has 1 aromatic carbocycles. The minimum Gasteiger partial charge on any atom is -0.493 e. The molecule has 2 unspecified atom stereocenters. The standard InChI is InChI=1S/C25H30F3N3O3/c1-17(13-25(26,27)28)16-34-22-6-4-5-19(12-22)11-20-9-10-31(15-18(20)2)24(32)30-21-7-8-23(33-3)29-14-21/h4-8,11-12,14,17-18H,9-10,13,15-16H2,1-3H3,(H,30,32)/b20-11+. The highest BCUT2D eigenvalue weighted by Crippen LogP contribution is 2.28. The van der Waals surface area contributed by atoms with Crippen LogP contribution in [0, 0.1) is 11.8 Å². The van der Waals surface area contributed by atoms with Gasteiger partial charge in [-0.25, -0.2) is 9.78 Å². The first kappa shape index (κ1) is 25.4. The van der Waals surface area contributed by atoms with Crippen LogP contribution in [-0.2, 0) is 0 Å². The van der Waals surface area contributed by atoms with Crippen LogP contribution in [0.25, 0.3) is 6.08 Å². The summed E-state index contributed by atoms with van der Waals surface area (Å²) in [6, 6.07) is 10.6. The second-order valence-electron chi connectivity index (χ2n) is 8.64. The monoisotopic (exact) mass is 477 g/mol. The minimum absolute atomic E-state index is 0.00370. The van der Waals surface area contributed by atoms with E-state index in [1.807, 2.05) is 18.2 Å². The number of ether oxygens (including phenoxy) is 2. The number of aromatic nitrogens is 1. The number of piperidine rings is 1. The first-order valence-corrected chi connectivity index (χ1v) is 11.2. The topological polar surface area (TPSA) is 63.7 Å². The van der Waals surface area contributed by atoms with Crippen molar-refractivity contribution in [2.75, 3.05) is 32.1 Å². The fourth-order valence-electron chi connectivity index (χ4n) is 3.83. The molecule has 9 heteroatoms. The molecule has 2 amide bonds. The van der Waals surface area contributed by atoms with Gasteiger partial charge in [0, 0.05) is 25.6 Å². The van der Waals surface area contributed by atoms with E-state index in [1.165, 1.54) is 19.6 Å². The molecule has 0 aliphatic carbocycles. The number of hydrogen-bond donors (Lipinski definition) is 1. The van der Waals surface area contributed by atoms with Crippen molar-refractivity contribution in [3.63, 3.8) is 0 Å². The number of hydrogen-bond acceptors (Lipinski definition) is 4. The van der Waals surface area contributed by atoms with Gasteiger partial charge in [-0.1, -0.05) is 37.6 Å². The number of benzene rings is 1. The molecule has 184 valence electrons. The number of alkyl halides is 3. The zero-order valence-corrected chi connectivity index (χ0v) is 19.6. The van der Waals surface area contributed by atoms with Gasteiger partial charge in [0.15, 0.2) is 0 Å². The van der Waals surface area contributed by atoms with Crippen molar-refractivity contribution in [2.45, 2.75) is 32.9 Å². The summed E-state index contributed by atoms with van der Waals surface area (Å²) < 4.78 is 48.1. The Labute approximate surface area is 197 Å². The Hall–Kier alpha value is -3.23. The predicted octanol–water partition coefficient (Wildman–Crippen LogP) is 6.01. The average Bonchev–Trinajstić information content (AvgIpc) is 2.78. The Kier molecular flexibility index (Phi) is 8.41. The number of rotatable bonds is 7. The summed E-state index contributed by atoms with van der Waals surface area (Å²) in [7, 11) is 1.53. The molecule has 1 fully saturated rings. The van der Waals surface area contributed by atoms with E-state index >= 15 is 0 Å². The number of likely N-dealkylation sites (tertiary alicyclic amines) is 1. The van der Waals surface area contributed by atoms with E-state index in [4.69, 9.17) is 9.47 Å². The number of carbonyl (C=O) groups is 1. The van der Waals surface area contributed by atoms with Crippen LogP contribution >= 0.6 is 0 Å². The van der Waals surface area contributed by atoms with Crippen molar-refractivity contribution in [3.8, 4) is 11.6 Å². The molecule has 3 rings (SSSR count). The van der Waals surface area contributed by atoms with Crippen LogP contribution in [0.5, 0.6) is 11.6 Å². The van der Waals surface area contributed by atoms with Gasteiger partial charge in [0.1, 0.15) is 5.75 Å². The number of amides is 2. The Morgan fingerprint density at radius 1 is 1.32 bits per heavy atom. The summed E-state index contributed by atoms with van der Waals surface area (Å²) in [5.41, 5.74) is 2.73. The summed E-state index contributed by atoms with van der Waals surface area (Å²) >= 11 is 0. The number of nitrogens with one attached hydrogen (secondary N) is 1. The van der Waals surface area contributed by atoms with E-state index in [0.29, 0.717) is 30.4 Å². The van der Waals surface area contributed by atoms with E-state index in [1.54, 1.807) is 29.3 Å². The highest BCUT2D eigenvalue weighted by molar-refractivity contribution is 5.89. The van der Waals surface area contributed by atoms with Crippen molar-refractivity contribution >= 4 is 17.8 Å². The number of anilines is 1. The molecule has 1 aliphatic heterocycles. The summed E-state index contributed by atoms with van der Waals surface area (Å²) in [4.78, 5) is 18.5. The predicted molar refractivity (Wildman–Crippen MR) is 125 cm³/mol. The normalized spacial score (nSPS) is 18.5. The van der Waals surface area contributed by atoms with Crippen LogP contribution in [0.3, 0.4) is 0 Å². The minimum atomic E-state index is -4.19. The van der Waals surface area contributed by atoms with Crippen LogP contribution in [0.4, 0.5) is 23.7 Å². The summed E-state index contributed by atoms with van der Waals surface area (Å²) in [5, 5.41) is 2.86. The smallest absolute Gasteiger partial charge is 0.389 e. The lowest BCUT2D eigenvalue weighted by Crippen LogP contribution is -2.42. The van der Waals surface area contributed by atoms with Crippen LogP contribution in [0.1, 0.15) is 32.3 Å². The lowest BCUT2D eigenvalue weighted by Gasteiger charge is -2.33. The highest BCUT2D eigenvalue weighted by atomic mass is 19.4. The fraction of sp³-hybridized carbons (Fsp3) is 0.440. The van der Waals surface area contributed by atoms with Gasteiger partial charge < -0.3 is 19.7 Å². The quantitative estimate of drug-likeness (QED) is 0.530. The third kappa shape index (κ3) is 7.67.